The molecule has 1 N–H and O–H groups in total. The molecule has 0 spiro atoms. The highest BCUT2D eigenvalue weighted by Gasteiger charge is 2.20. The largest absolute Gasteiger partial charge is 0.457 e. The van der Waals surface area contributed by atoms with E-state index in [1.807, 2.05) is 30.3 Å². The van der Waals surface area contributed by atoms with E-state index in [9.17, 15) is 9.90 Å². The molecule has 5 nitrogen and oxygen atoms in total. The highest BCUT2D eigenvalue weighted by molar-refractivity contribution is 5.81. The van der Waals surface area contributed by atoms with E-state index in [0.29, 0.717) is 17.2 Å². The molecule has 0 radical (unpaired) electrons. The Bertz CT molecular complexity index is 651. The van der Waals surface area contributed by atoms with Gasteiger partial charge in [-0.25, -0.2) is 4.79 Å². The van der Waals surface area contributed by atoms with Gasteiger partial charge in [-0.3, -0.25) is 0 Å². The van der Waals surface area contributed by atoms with Crippen LogP contribution in [-0.4, -0.2) is 23.5 Å². The second-order valence-corrected chi connectivity index (χ2v) is 4.76. The lowest BCUT2D eigenvalue weighted by Crippen LogP contribution is -2.34. The van der Waals surface area contributed by atoms with Gasteiger partial charge in [-0.15, -0.1) is 0 Å². The van der Waals surface area contributed by atoms with Crippen molar-refractivity contribution in [1.82, 2.24) is 0 Å². The van der Waals surface area contributed by atoms with Crippen LogP contribution in [0.2, 0.25) is 0 Å². The molecule has 0 aliphatic heterocycles. The van der Waals surface area contributed by atoms with E-state index >= 15 is 0 Å². The van der Waals surface area contributed by atoms with Crippen molar-refractivity contribution in [1.29, 1.82) is 0 Å². The third kappa shape index (κ3) is 5.16. The minimum absolute atomic E-state index is 0.404. The lowest BCUT2D eigenvalue weighted by atomic mass is 10.3. The summed E-state index contributed by atoms with van der Waals surface area (Å²) in [5.74, 6) is 0.983. The number of rotatable bonds is 7. The molecule has 23 heavy (non-hydrogen) atoms. The molecule has 0 aliphatic carbocycles. The molecule has 0 aliphatic rings. The maximum absolute atomic E-state index is 11.3. The Kier molecular flexibility index (Phi) is 5.77. The summed E-state index contributed by atoms with van der Waals surface area (Å²) in [4.78, 5) is 11.3. The molecule has 0 amide bonds. The Morgan fingerprint density at radius 3 is 2.39 bits per heavy atom. The number of aliphatic hydroxyl groups is 1. The first-order valence-electron chi connectivity index (χ1n) is 7.09. The molecule has 0 saturated carbocycles. The average molecular weight is 314 g/mol. The summed E-state index contributed by atoms with van der Waals surface area (Å²) in [6, 6.07) is 16.1. The van der Waals surface area contributed by atoms with Crippen molar-refractivity contribution in [2.45, 2.75) is 19.3 Å². The number of hydrogen-bond acceptors (Lipinski definition) is 5. The van der Waals surface area contributed by atoms with Gasteiger partial charge < -0.3 is 19.3 Å². The third-order valence-corrected chi connectivity index (χ3v) is 2.83. The molecule has 0 heterocycles. The van der Waals surface area contributed by atoms with Gasteiger partial charge >= 0.3 is 5.97 Å². The second-order valence-electron chi connectivity index (χ2n) is 4.76. The van der Waals surface area contributed by atoms with E-state index in [0.717, 1.165) is 6.08 Å². The van der Waals surface area contributed by atoms with Crippen molar-refractivity contribution < 1.29 is 24.1 Å². The number of aliphatic hydroxyl groups excluding tert-OH is 1. The number of para-hydroxylation sites is 1. The van der Waals surface area contributed by atoms with Gasteiger partial charge in [-0.2, -0.15) is 0 Å². The Morgan fingerprint density at radius 2 is 1.74 bits per heavy atom. The normalized spacial score (nSPS) is 12.8. The first kappa shape index (κ1) is 16.6. The Morgan fingerprint density at radius 1 is 1.09 bits per heavy atom. The highest BCUT2D eigenvalue weighted by atomic mass is 16.7. The molecule has 2 aromatic carbocycles. The van der Waals surface area contributed by atoms with Crippen LogP contribution >= 0.6 is 0 Å². The van der Waals surface area contributed by atoms with Gasteiger partial charge in [0.05, 0.1) is 0 Å². The maximum atomic E-state index is 11.3. The molecule has 0 fully saturated rings. The Labute approximate surface area is 134 Å². The van der Waals surface area contributed by atoms with Crippen molar-refractivity contribution in [2.75, 3.05) is 0 Å². The molecular weight excluding hydrogens is 296 g/mol. The zero-order valence-electron chi connectivity index (χ0n) is 12.7. The fourth-order valence-electron chi connectivity index (χ4n) is 1.75. The first-order chi connectivity index (χ1) is 11.1. The molecule has 120 valence electrons. The third-order valence-electron chi connectivity index (χ3n) is 2.83. The van der Waals surface area contributed by atoms with Crippen LogP contribution in [0.15, 0.2) is 67.3 Å². The van der Waals surface area contributed by atoms with E-state index < -0.39 is 18.4 Å². The number of carbonyl (C=O) groups is 1. The number of benzene rings is 2. The molecule has 0 bridgehead atoms. The Hall–Kier alpha value is -2.79. The van der Waals surface area contributed by atoms with Crippen LogP contribution < -0.4 is 9.47 Å². The topological polar surface area (TPSA) is 65.0 Å². The van der Waals surface area contributed by atoms with Crippen LogP contribution in [0, 0.1) is 0 Å². The van der Waals surface area contributed by atoms with Crippen molar-refractivity contribution in [2.24, 2.45) is 0 Å². The predicted molar refractivity (Wildman–Crippen MR) is 85.3 cm³/mol. The first-order valence-corrected chi connectivity index (χ1v) is 7.09. The van der Waals surface area contributed by atoms with Crippen LogP contribution in [0.3, 0.4) is 0 Å². The van der Waals surface area contributed by atoms with E-state index in [-0.39, 0.29) is 0 Å². The number of esters is 1. The summed E-state index contributed by atoms with van der Waals surface area (Å²) >= 11 is 0. The molecule has 5 heteroatoms. The lowest BCUT2D eigenvalue weighted by Gasteiger charge is -2.21. The van der Waals surface area contributed by atoms with E-state index in [1.54, 1.807) is 24.3 Å². The summed E-state index contributed by atoms with van der Waals surface area (Å²) < 4.78 is 16.2. The second kappa shape index (κ2) is 8.00. The fraction of sp³-hybridized carbons (Fsp3) is 0.167. The van der Waals surface area contributed by atoms with Crippen LogP contribution in [0.1, 0.15) is 6.92 Å². The minimum atomic E-state index is -1.13. The fourth-order valence-corrected chi connectivity index (χ4v) is 1.75. The lowest BCUT2D eigenvalue weighted by molar-refractivity contribution is -0.172. The molecule has 0 saturated heterocycles. The Balaban J connectivity index is 2.08. The average Bonchev–Trinajstić information content (AvgIpc) is 2.55. The predicted octanol–water partition coefficient (Wildman–Crippen LogP) is 3.29. The molecule has 2 unspecified atom stereocenters. The number of hydrogen-bond donors (Lipinski definition) is 1. The van der Waals surface area contributed by atoms with Crippen molar-refractivity contribution in [3.63, 3.8) is 0 Å². The summed E-state index contributed by atoms with van der Waals surface area (Å²) in [5.41, 5.74) is 0. The molecule has 2 atom stereocenters. The standard InChI is InChI=1S/C18H18O5/c1-3-17(20)23-18(13(2)19)22-16-11-7-10-15(12-16)21-14-8-5-4-6-9-14/h3-13,18-19H,1H2,2H3. The summed E-state index contributed by atoms with van der Waals surface area (Å²) in [6.07, 6.45) is -1.13. The summed E-state index contributed by atoms with van der Waals surface area (Å²) in [6.45, 7) is 4.77. The van der Waals surface area contributed by atoms with Crippen LogP contribution in [-0.2, 0) is 9.53 Å². The van der Waals surface area contributed by atoms with Crippen molar-refractivity contribution in [3.8, 4) is 17.2 Å². The number of ether oxygens (including phenoxy) is 3. The molecule has 2 aromatic rings. The van der Waals surface area contributed by atoms with E-state index in [4.69, 9.17) is 14.2 Å². The van der Waals surface area contributed by atoms with Crippen LogP contribution in [0.4, 0.5) is 0 Å². The van der Waals surface area contributed by atoms with E-state index in [1.165, 1.54) is 6.92 Å². The van der Waals surface area contributed by atoms with Gasteiger partial charge in [0.1, 0.15) is 23.4 Å². The monoisotopic (exact) mass is 314 g/mol. The maximum Gasteiger partial charge on any atom is 0.333 e. The van der Waals surface area contributed by atoms with Gasteiger partial charge in [0.25, 0.3) is 6.29 Å². The van der Waals surface area contributed by atoms with Gasteiger partial charge in [0.15, 0.2) is 0 Å². The van der Waals surface area contributed by atoms with Gasteiger partial charge in [0.2, 0.25) is 0 Å². The zero-order valence-corrected chi connectivity index (χ0v) is 12.7. The summed E-state index contributed by atoms with van der Waals surface area (Å²) in [5, 5.41) is 9.65. The van der Waals surface area contributed by atoms with Crippen molar-refractivity contribution in [3.05, 3.63) is 67.3 Å². The summed E-state index contributed by atoms with van der Waals surface area (Å²) in [7, 11) is 0. The van der Waals surface area contributed by atoms with Gasteiger partial charge in [-0.05, 0) is 31.2 Å². The van der Waals surface area contributed by atoms with E-state index in [2.05, 4.69) is 6.58 Å². The molecule has 2 rings (SSSR count). The van der Waals surface area contributed by atoms with Gasteiger partial charge in [-0.1, -0.05) is 30.8 Å². The highest BCUT2D eigenvalue weighted by Crippen LogP contribution is 2.26. The minimum Gasteiger partial charge on any atom is -0.457 e. The van der Waals surface area contributed by atoms with Crippen molar-refractivity contribution >= 4 is 5.97 Å². The SMILES string of the molecule is C=CC(=O)OC(Oc1cccc(Oc2ccccc2)c1)C(C)O. The molecule has 0 aromatic heterocycles. The van der Waals surface area contributed by atoms with Crippen LogP contribution in [0.25, 0.3) is 0 Å². The zero-order chi connectivity index (χ0) is 16.7. The smallest absolute Gasteiger partial charge is 0.333 e. The number of carbonyl (C=O) groups excluding carboxylic acids is 1. The van der Waals surface area contributed by atoms with Crippen LogP contribution in [0.5, 0.6) is 17.2 Å². The quantitative estimate of drug-likeness (QED) is 0.482. The van der Waals surface area contributed by atoms with Gasteiger partial charge in [0, 0.05) is 12.1 Å². The molecular formula is C18H18O5.